The Labute approximate surface area is 202 Å². The molecule has 0 atom stereocenters. The van der Waals surface area contributed by atoms with Crippen molar-refractivity contribution in [3.05, 3.63) is 58.7 Å². The van der Waals surface area contributed by atoms with E-state index in [9.17, 15) is 0 Å². The van der Waals surface area contributed by atoms with Crippen LogP contribution in [0.5, 0.6) is 0 Å². The maximum Gasteiger partial charge on any atom is 0.133 e. The molecule has 0 bridgehead atoms. The summed E-state index contributed by atoms with van der Waals surface area (Å²) >= 11 is 0. The first kappa shape index (κ1) is 24.5. The largest absolute Gasteiger partial charge is 0.309 e. The molecule has 0 unspecified atom stereocenters. The van der Waals surface area contributed by atoms with Gasteiger partial charge < -0.3 is 9.80 Å². The van der Waals surface area contributed by atoms with Gasteiger partial charge >= 0.3 is 0 Å². The van der Waals surface area contributed by atoms with Crippen LogP contribution in [0.15, 0.2) is 46.7 Å². The van der Waals surface area contributed by atoms with Gasteiger partial charge in [0.05, 0.1) is 23.5 Å². The molecule has 2 aliphatic rings. The first-order valence-corrected chi connectivity index (χ1v) is 12.3. The summed E-state index contributed by atoms with van der Waals surface area (Å²) in [7, 11) is 4.23. The smallest absolute Gasteiger partial charge is 0.133 e. The lowest BCUT2D eigenvalue weighted by Crippen LogP contribution is -2.35. The number of aromatic nitrogens is 2. The minimum Gasteiger partial charge on any atom is -0.309 e. The summed E-state index contributed by atoms with van der Waals surface area (Å²) in [5.74, 6) is 0.0740. The lowest BCUT2D eigenvalue weighted by Gasteiger charge is -2.31. The lowest BCUT2D eigenvalue weighted by molar-refractivity contribution is 0.201. The van der Waals surface area contributed by atoms with Crippen LogP contribution in [0.1, 0.15) is 57.2 Å². The van der Waals surface area contributed by atoms with Crippen molar-refractivity contribution < 1.29 is 4.39 Å². The molecular weight excluding hydrogens is 427 g/mol. The second kappa shape index (κ2) is 10.7. The zero-order chi connectivity index (χ0) is 24.2. The molecule has 0 amide bonds. The number of rotatable bonds is 7. The van der Waals surface area contributed by atoms with Crippen LogP contribution in [0.25, 0.3) is 10.9 Å². The van der Waals surface area contributed by atoms with E-state index in [4.69, 9.17) is 5.10 Å². The van der Waals surface area contributed by atoms with Crippen LogP contribution in [0.3, 0.4) is 0 Å². The predicted molar refractivity (Wildman–Crippen MR) is 138 cm³/mol. The maximum absolute atomic E-state index is 15.2. The van der Waals surface area contributed by atoms with Crippen molar-refractivity contribution in [2.24, 2.45) is 5.10 Å². The Morgan fingerprint density at radius 3 is 2.62 bits per heavy atom. The summed E-state index contributed by atoms with van der Waals surface area (Å²) in [6.07, 6.45) is 7.30. The molecule has 1 saturated heterocycles. The summed E-state index contributed by atoms with van der Waals surface area (Å²) in [5.41, 5.74) is 5.30. The second-order valence-corrected chi connectivity index (χ2v) is 10.2. The molecule has 182 valence electrons. The summed E-state index contributed by atoms with van der Waals surface area (Å²) in [6.45, 7) is 11.3. The third-order valence-corrected chi connectivity index (χ3v) is 6.49. The number of allylic oxidation sites excluding steroid dienone is 2. The number of hydrazone groups is 1. The summed E-state index contributed by atoms with van der Waals surface area (Å²) in [6, 6.07) is 5.39. The molecule has 34 heavy (non-hydrogen) atoms. The standard InChI is InChI=1S/C27H37FN6/c1-19(2)17-34-18-20(3)13-26(31-34)22-14-24(28)23-16-25(29-30-27(23)15-22)21-7-11-33(12-8-21)10-6-9-32(4)5/h13-17,21H,6-12,18H2,1-5H3. The van der Waals surface area contributed by atoms with Crippen molar-refractivity contribution in [1.82, 2.24) is 25.0 Å². The predicted octanol–water partition coefficient (Wildman–Crippen LogP) is 4.79. The lowest BCUT2D eigenvalue weighted by atomic mass is 9.92. The van der Waals surface area contributed by atoms with Crippen LogP contribution in [0.2, 0.25) is 0 Å². The highest BCUT2D eigenvalue weighted by atomic mass is 19.1. The molecule has 0 N–H and O–H groups in total. The van der Waals surface area contributed by atoms with Crippen LogP contribution >= 0.6 is 0 Å². The van der Waals surface area contributed by atoms with Crippen LogP contribution in [0.4, 0.5) is 4.39 Å². The Hall–Kier alpha value is -2.64. The number of nitrogens with zero attached hydrogens (tertiary/aromatic N) is 6. The fourth-order valence-corrected chi connectivity index (χ4v) is 4.78. The molecule has 1 fully saturated rings. The average molecular weight is 465 g/mol. The molecule has 7 heteroatoms. The van der Waals surface area contributed by atoms with Gasteiger partial charge in [0.2, 0.25) is 0 Å². The van der Waals surface area contributed by atoms with Crippen molar-refractivity contribution >= 4 is 16.6 Å². The molecule has 0 radical (unpaired) electrons. The number of likely N-dealkylation sites (tertiary alicyclic amines) is 1. The number of halogens is 1. The SMILES string of the molecule is CC(C)=CN1CC(C)=CC(c2cc(F)c3cc(C4CCN(CCCN(C)C)CC4)nnc3c2)=N1. The van der Waals surface area contributed by atoms with E-state index in [0.29, 0.717) is 16.8 Å². The van der Waals surface area contributed by atoms with E-state index in [1.807, 2.05) is 43.3 Å². The molecule has 0 aliphatic carbocycles. The molecule has 1 aromatic heterocycles. The van der Waals surface area contributed by atoms with Gasteiger partial charge in [-0.05, 0) is 110 Å². The highest BCUT2D eigenvalue weighted by Crippen LogP contribution is 2.29. The van der Waals surface area contributed by atoms with Gasteiger partial charge in [-0.2, -0.15) is 15.3 Å². The van der Waals surface area contributed by atoms with Gasteiger partial charge in [-0.15, -0.1) is 0 Å². The van der Waals surface area contributed by atoms with Crippen molar-refractivity contribution in [1.29, 1.82) is 0 Å². The fraction of sp³-hybridized carbons (Fsp3) is 0.519. The number of benzene rings is 1. The Balaban J connectivity index is 1.50. The molecule has 0 spiro atoms. The monoisotopic (exact) mass is 464 g/mol. The zero-order valence-corrected chi connectivity index (χ0v) is 21.2. The average Bonchev–Trinajstić information content (AvgIpc) is 2.78. The summed E-state index contributed by atoms with van der Waals surface area (Å²) in [5, 5.41) is 16.1. The Kier molecular flexibility index (Phi) is 7.73. The van der Waals surface area contributed by atoms with E-state index in [1.165, 1.54) is 17.6 Å². The van der Waals surface area contributed by atoms with Crippen LogP contribution in [-0.4, -0.2) is 77.5 Å². The number of hydrogen-bond donors (Lipinski definition) is 0. The van der Waals surface area contributed by atoms with E-state index in [2.05, 4.69) is 41.0 Å². The Morgan fingerprint density at radius 1 is 1.15 bits per heavy atom. The number of hydrogen-bond acceptors (Lipinski definition) is 6. The van der Waals surface area contributed by atoms with Crippen molar-refractivity contribution in [3.63, 3.8) is 0 Å². The van der Waals surface area contributed by atoms with Gasteiger partial charge in [-0.3, -0.25) is 5.01 Å². The van der Waals surface area contributed by atoms with E-state index in [-0.39, 0.29) is 5.82 Å². The van der Waals surface area contributed by atoms with Crippen molar-refractivity contribution in [3.8, 4) is 0 Å². The number of piperidine rings is 1. The Bertz CT molecular complexity index is 1110. The fourth-order valence-electron chi connectivity index (χ4n) is 4.78. The summed E-state index contributed by atoms with van der Waals surface area (Å²) < 4.78 is 15.2. The second-order valence-electron chi connectivity index (χ2n) is 10.2. The van der Waals surface area contributed by atoms with E-state index in [0.717, 1.165) is 62.5 Å². The molecule has 2 aromatic rings. The molecule has 0 saturated carbocycles. The van der Waals surface area contributed by atoms with Crippen molar-refractivity contribution in [2.75, 3.05) is 46.8 Å². The maximum atomic E-state index is 15.2. The van der Waals surface area contributed by atoms with Crippen LogP contribution in [0, 0.1) is 5.82 Å². The van der Waals surface area contributed by atoms with Gasteiger partial charge in [0.25, 0.3) is 0 Å². The van der Waals surface area contributed by atoms with Gasteiger partial charge in [0, 0.05) is 23.1 Å². The first-order chi connectivity index (χ1) is 16.3. The van der Waals surface area contributed by atoms with E-state index >= 15 is 4.39 Å². The number of fused-ring (bicyclic) bond motifs is 1. The van der Waals surface area contributed by atoms with E-state index < -0.39 is 0 Å². The van der Waals surface area contributed by atoms with Crippen molar-refractivity contribution in [2.45, 2.75) is 46.0 Å². The molecule has 4 rings (SSSR count). The van der Waals surface area contributed by atoms with Crippen LogP contribution in [-0.2, 0) is 0 Å². The van der Waals surface area contributed by atoms with E-state index in [1.54, 1.807) is 6.07 Å². The quantitative estimate of drug-likeness (QED) is 0.590. The zero-order valence-electron chi connectivity index (χ0n) is 21.2. The van der Waals surface area contributed by atoms with Gasteiger partial charge in [-0.1, -0.05) is 5.57 Å². The normalized spacial score (nSPS) is 17.8. The molecule has 3 heterocycles. The van der Waals surface area contributed by atoms with Gasteiger partial charge in [0.15, 0.2) is 0 Å². The third kappa shape index (κ3) is 6.07. The minimum absolute atomic E-state index is 0.266. The van der Waals surface area contributed by atoms with Crippen LogP contribution < -0.4 is 0 Å². The third-order valence-electron chi connectivity index (χ3n) is 6.49. The highest BCUT2D eigenvalue weighted by Gasteiger charge is 2.23. The molecule has 1 aromatic carbocycles. The summed E-state index contributed by atoms with van der Waals surface area (Å²) in [4.78, 5) is 4.76. The van der Waals surface area contributed by atoms with Gasteiger partial charge in [0.1, 0.15) is 5.82 Å². The first-order valence-electron chi connectivity index (χ1n) is 12.3. The topological polar surface area (TPSA) is 47.9 Å². The molecule has 6 nitrogen and oxygen atoms in total. The molecular formula is C27H37FN6. The highest BCUT2D eigenvalue weighted by molar-refractivity contribution is 6.10. The molecule has 2 aliphatic heterocycles. The Morgan fingerprint density at radius 2 is 1.91 bits per heavy atom. The van der Waals surface area contributed by atoms with Gasteiger partial charge in [-0.25, -0.2) is 4.39 Å². The minimum atomic E-state index is -0.266.